The highest BCUT2D eigenvalue weighted by molar-refractivity contribution is 6.22. The second-order valence-corrected chi connectivity index (χ2v) is 24.0. The highest BCUT2D eigenvalue weighted by atomic mass is 15.1. The van der Waals surface area contributed by atoms with Crippen LogP contribution in [0.5, 0.6) is 0 Å². The molecule has 0 unspecified atom stereocenters. The van der Waals surface area contributed by atoms with Crippen LogP contribution in [-0.4, -0.2) is 0 Å². The van der Waals surface area contributed by atoms with Crippen LogP contribution in [0, 0.1) is 10.8 Å². The molecule has 2 nitrogen and oxygen atoms in total. The Morgan fingerprint density at radius 3 is 0.857 bits per heavy atom. The van der Waals surface area contributed by atoms with Gasteiger partial charge in [-0.05, 0) is 173 Å². The molecule has 0 aliphatic heterocycles. The zero-order chi connectivity index (χ0) is 49.6. The Hall–Kier alpha value is -6.90. The molecule has 9 aromatic rings. The summed E-state index contributed by atoms with van der Waals surface area (Å²) in [5, 5.41) is 4.87. The van der Waals surface area contributed by atoms with Crippen molar-refractivity contribution in [3.8, 4) is 22.3 Å². The molecule has 0 N–H and O–H groups in total. The highest BCUT2D eigenvalue weighted by Crippen LogP contribution is 2.49. The second-order valence-electron chi connectivity index (χ2n) is 24.0. The molecule has 0 radical (unpaired) electrons. The fraction of sp³-hybridized carbons (Fsp3) is 0.265. The molecule has 0 heterocycles. The molecular weight excluding hydrogens is 845 g/mol. The third-order valence-electron chi connectivity index (χ3n) is 13.6. The molecule has 9 rings (SSSR count). The minimum absolute atomic E-state index is 0.0465. The van der Waals surface area contributed by atoms with Gasteiger partial charge in [-0.25, -0.2) is 0 Å². The maximum atomic E-state index is 2.44. The van der Waals surface area contributed by atoms with Crippen LogP contribution in [0.25, 0.3) is 43.8 Å². The van der Waals surface area contributed by atoms with Crippen molar-refractivity contribution in [1.29, 1.82) is 0 Å². The molecule has 0 atom stereocenters. The number of nitrogens with zero attached hydrogens (tertiary/aromatic N) is 2. The van der Waals surface area contributed by atoms with E-state index in [0.717, 1.165) is 47.0 Å². The molecular formula is C68H72N2. The SMILES string of the molecule is CC(C)(C)Cc1ccc(N(c2ccc(C(C)(C)C)cc2)c2ccc3c(-c4ccccc4)c4cc(N(c5ccc(CC(C)(C)C)cc5)c5ccc(C(C)(C)C)cc5)ccc4c(-c4ccccc4)c3c2)cc1. The van der Waals surface area contributed by atoms with E-state index >= 15 is 0 Å². The molecule has 0 fully saturated rings. The minimum Gasteiger partial charge on any atom is -0.310 e. The quantitative estimate of drug-likeness (QED) is 0.126. The summed E-state index contributed by atoms with van der Waals surface area (Å²) < 4.78 is 0. The van der Waals surface area contributed by atoms with Crippen LogP contribution in [0.2, 0.25) is 0 Å². The van der Waals surface area contributed by atoms with Gasteiger partial charge in [0.25, 0.3) is 0 Å². The van der Waals surface area contributed by atoms with Crippen molar-refractivity contribution < 1.29 is 0 Å². The van der Waals surface area contributed by atoms with Crippen LogP contribution in [-0.2, 0) is 23.7 Å². The highest BCUT2D eigenvalue weighted by Gasteiger charge is 2.24. The van der Waals surface area contributed by atoms with Crippen molar-refractivity contribution >= 4 is 55.7 Å². The van der Waals surface area contributed by atoms with E-state index in [1.807, 2.05) is 0 Å². The zero-order valence-electron chi connectivity index (χ0n) is 43.8. The Labute approximate surface area is 419 Å². The largest absolute Gasteiger partial charge is 0.310 e. The van der Waals surface area contributed by atoms with Gasteiger partial charge in [0.1, 0.15) is 0 Å². The lowest BCUT2D eigenvalue weighted by molar-refractivity contribution is 0.411. The lowest BCUT2D eigenvalue weighted by atomic mass is 9.85. The number of benzene rings is 9. The average molecular weight is 917 g/mol. The monoisotopic (exact) mass is 917 g/mol. The summed E-state index contributed by atoms with van der Waals surface area (Å²) in [6.07, 6.45) is 2.04. The van der Waals surface area contributed by atoms with Crippen LogP contribution in [0.15, 0.2) is 194 Å². The second kappa shape index (κ2) is 18.8. The number of hydrogen-bond donors (Lipinski definition) is 0. The van der Waals surface area contributed by atoms with Gasteiger partial charge in [-0.15, -0.1) is 0 Å². The van der Waals surface area contributed by atoms with Gasteiger partial charge >= 0.3 is 0 Å². The molecule has 0 aliphatic carbocycles. The summed E-state index contributed by atoms with van der Waals surface area (Å²) in [5.41, 5.74) is 17.4. The third kappa shape index (κ3) is 10.5. The molecule has 0 saturated heterocycles. The molecule has 0 aliphatic rings. The van der Waals surface area contributed by atoms with Crippen molar-refractivity contribution in [3.05, 3.63) is 216 Å². The molecule has 70 heavy (non-hydrogen) atoms. The summed E-state index contributed by atoms with van der Waals surface area (Å²) in [5.74, 6) is 0. The summed E-state index contributed by atoms with van der Waals surface area (Å²) >= 11 is 0. The first kappa shape index (κ1) is 48.1. The fourth-order valence-electron chi connectivity index (χ4n) is 10.2. The van der Waals surface area contributed by atoms with Crippen molar-refractivity contribution in [1.82, 2.24) is 0 Å². The van der Waals surface area contributed by atoms with Crippen molar-refractivity contribution in [3.63, 3.8) is 0 Å². The Balaban J connectivity index is 1.30. The van der Waals surface area contributed by atoms with Gasteiger partial charge in [0.15, 0.2) is 0 Å². The van der Waals surface area contributed by atoms with Gasteiger partial charge < -0.3 is 9.80 Å². The smallest absolute Gasteiger partial charge is 0.0468 e. The molecule has 0 amide bonds. The molecule has 9 aromatic carbocycles. The van der Waals surface area contributed by atoms with Gasteiger partial charge in [0.05, 0.1) is 0 Å². The molecule has 354 valence electrons. The minimum atomic E-state index is 0.0465. The lowest BCUT2D eigenvalue weighted by Crippen LogP contribution is -2.14. The van der Waals surface area contributed by atoms with Gasteiger partial charge in [-0.1, -0.05) is 204 Å². The van der Waals surface area contributed by atoms with Crippen LogP contribution in [0.4, 0.5) is 34.1 Å². The van der Waals surface area contributed by atoms with Crippen molar-refractivity contribution in [2.75, 3.05) is 9.80 Å². The van der Waals surface area contributed by atoms with Gasteiger partial charge in [0, 0.05) is 34.1 Å². The number of anilines is 6. The maximum absolute atomic E-state index is 2.44. The first-order chi connectivity index (χ1) is 33.2. The van der Waals surface area contributed by atoms with E-state index < -0.39 is 0 Å². The molecule has 2 heteroatoms. The van der Waals surface area contributed by atoms with Gasteiger partial charge in [-0.3, -0.25) is 0 Å². The Kier molecular flexibility index (Phi) is 12.9. The van der Waals surface area contributed by atoms with Crippen LogP contribution in [0.1, 0.15) is 105 Å². The van der Waals surface area contributed by atoms with Crippen LogP contribution >= 0.6 is 0 Å². The molecule has 0 bridgehead atoms. The maximum Gasteiger partial charge on any atom is 0.0468 e. The van der Waals surface area contributed by atoms with E-state index in [-0.39, 0.29) is 21.7 Å². The first-order valence-corrected chi connectivity index (χ1v) is 25.3. The van der Waals surface area contributed by atoms with E-state index in [1.54, 1.807) is 0 Å². The lowest BCUT2D eigenvalue weighted by Gasteiger charge is -2.29. The Bertz CT molecular complexity index is 3000. The van der Waals surface area contributed by atoms with Crippen molar-refractivity contribution in [2.24, 2.45) is 10.8 Å². The van der Waals surface area contributed by atoms with Crippen LogP contribution < -0.4 is 9.80 Å². The van der Waals surface area contributed by atoms with E-state index in [2.05, 4.69) is 287 Å². The fourth-order valence-corrected chi connectivity index (χ4v) is 10.2. The summed E-state index contributed by atoms with van der Waals surface area (Å²) in [6, 6.07) is 73.2. The first-order valence-electron chi connectivity index (χ1n) is 25.3. The predicted molar refractivity (Wildman–Crippen MR) is 305 cm³/mol. The summed E-state index contributed by atoms with van der Waals surface area (Å²) in [6.45, 7) is 27.6. The molecule has 0 spiro atoms. The van der Waals surface area contributed by atoms with E-state index in [0.29, 0.717) is 0 Å². The predicted octanol–water partition coefficient (Wildman–Crippen LogP) is 20.0. The standard InChI is InChI=1S/C68H72N2/c1-65(2,3)45-47-23-31-53(32-24-47)69(55-35-27-51(28-36-55)67(7,8)9)57-39-41-59-61(43-57)63(49-19-15-13-16-20-49)60-42-40-58(44-62(60)64(59)50-21-17-14-18-22-50)70(56-37-29-52(30-38-56)68(10,11)12)54-33-25-48(26-34-54)46-66(4,5)6/h13-44H,45-46H2,1-12H3. The van der Waals surface area contributed by atoms with Crippen molar-refractivity contribution in [2.45, 2.75) is 107 Å². The number of hydrogen-bond acceptors (Lipinski definition) is 2. The van der Waals surface area contributed by atoms with E-state index in [1.165, 1.54) is 66.1 Å². The average Bonchev–Trinajstić information content (AvgIpc) is 3.31. The van der Waals surface area contributed by atoms with Gasteiger partial charge in [-0.2, -0.15) is 0 Å². The third-order valence-corrected chi connectivity index (χ3v) is 13.6. The number of fused-ring (bicyclic) bond motifs is 2. The molecule has 0 aromatic heterocycles. The zero-order valence-corrected chi connectivity index (χ0v) is 43.8. The topological polar surface area (TPSA) is 6.48 Å². The van der Waals surface area contributed by atoms with E-state index in [9.17, 15) is 0 Å². The van der Waals surface area contributed by atoms with Crippen LogP contribution in [0.3, 0.4) is 0 Å². The summed E-state index contributed by atoms with van der Waals surface area (Å²) in [7, 11) is 0. The van der Waals surface area contributed by atoms with E-state index in [4.69, 9.17) is 0 Å². The summed E-state index contributed by atoms with van der Waals surface area (Å²) in [4.78, 5) is 4.87. The van der Waals surface area contributed by atoms with Gasteiger partial charge in [0.2, 0.25) is 0 Å². The normalized spacial score (nSPS) is 12.4. The number of rotatable bonds is 10. The Morgan fingerprint density at radius 2 is 0.571 bits per heavy atom. The Morgan fingerprint density at radius 1 is 0.286 bits per heavy atom. The molecule has 0 saturated carbocycles.